The second-order valence-corrected chi connectivity index (χ2v) is 7.59. The summed E-state index contributed by atoms with van der Waals surface area (Å²) in [5, 5.41) is 9.33. The van der Waals surface area contributed by atoms with Crippen molar-refractivity contribution >= 4 is 35.8 Å². The number of hydrogen-bond donors (Lipinski definition) is 3. The molecule has 0 atom stereocenters. The van der Waals surface area contributed by atoms with E-state index in [9.17, 15) is 4.79 Å². The molecule has 0 heterocycles. The first-order valence-corrected chi connectivity index (χ1v) is 9.05. The molecule has 1 amide bonds. The topological polar surface area (TPSA) is 65.5 Å². The van der Waals surface area contributed by atoms with Crippen molar-refractivity contribution in [2.45, 2.75) is 58.9 Å². The minimum atomic E-state index is 0. The zero-order valence-electron chi connectivity index (χ0n) is 17.0. The summed E-state index contributed by atoms with van der Waals surface area (Å²) in [7, 11) is 1.74. The number of benzene rings is 1. The predicted octanol–water partition coefficient (Wildman–Crippen LogP) is 3.22. The summed E-state index contributed by atoms with van der Waals surface area (Å²) in [6, 6.07) is 8.96. The molecule has 26 heavy (non-hydrogen) atoms. The molecular weight excluding hydrogens is 439 g/mol. The number of carbonyl (C=O) groups excluding carboxylic acids is 1. The highest BCUT2D eigenvalue weighted by molar-refractivity contribution is 14.0. The van der Waals surface area contributed by atoms with E-state index in [0.717, 1.165) is 18.9 Å². The van der Waals surface area contributed by atoms with Gasteiger partial charge in [0.25, 0.3) is 0 Å². The first kappa shape index (κ1) is 24.7. The number of hydrogen-bond acceptors (Lipinski definition) is 2. The second-order valence-electron chi connectivity index (χ2n) is 7.59. The first-order chi connectivity index (χ1) is 11.7. The molecular formula is C20H35IN4O. The average molecular weight is 474 g/mol. The van der Waals surface area contributed by atoms with Crippen molar-refractivity contribution in [2.75, 3.05) is 20.1 Å². The van der Waals surface area contributed by atoms with Crippen molar-refractivity contribution in [1.29, 1.82) is 0 Å². The molecule has 0 spiro atoms. The van der Waals surface area contributed by atoms with Gasteiger partial charge in [0.05, 0.1) is 0 Å². The van der Waals surface area contributed by atoms with Crippen molar-refractivity contribution in [1.82, 2.24) is 16.0 Å². The zero-order valence-corrected chi connectivity index (χ0v) is 19.3. The average Bonchev–Trinajstić information content (AvgIpc) is 2.52. The van der Waals surface area contributed by atoms with Crippen LogP contribution < -0.4 is 16.0 Å². The molecule has 3 N–H and O–H groups in total. The van der Waals surface area contributed by atoms with Crippen LogP contribution in [-0.4, -0.2) is 38.0 Å². The van der Waals surface area contributed by atoms with E-state index in [0.29, 0.717) is 13.0 Å². The molecule has 1 rings (SSSR count). The maximum Gasteiger partial charge on any atom is 0.221 e. The van der Waals surface area contributed by atoms with E-state index in [-0.39, 0.29) is 41.3 Å². The molecule has 0 radical (unpaired) electrons. The van der Waals surface area contributed by atoms with Gasteiger partial charge in [-0.05, 0) is 36.8 Å². The molecule has 0 aliphatic rings. The number of amides is 1. The number of guanidine groups is 1. The molecule has 0 aromatic heterocycles. The number of carbonyl (C=O) groups is 1. The molecule has 0 unspecified atom stereocenters. The number of rotatable bonds is 7. The van der Waals surface area contributed by atoms with Crippen LogP contribution in [0, 0.1) is 0 Å². The van der Waals surface area contributed by atoms with Gasteiger partial charge in [-0.15, -0.1) is 24.0 Å². The van der Waals surface area contributed by atoms with Crippen molar-refractivity contribution in [3.05, 3.63) is 35.4 Å². The Morgan fingerprint density at radius 1 is 1.08 bits per heavy atom. The number of nitrogens with one attached hydrogen (secondary N) is 3. The van der Waals surface area contributed by atoms with E-state index < -0.39 is 0 Å². The first-order valence-electron chi connectivity index (χ1n) is 9.05. The summed E-state index contributed by atoms with van der Waals surface area (Å²) in [6.45, 7) is 12.0. The Balaban J connectivity index is 0.00000625. The van der Waals surface area contributed by atoms with Gasteiger partial charge in [0.15, 0.2) is 5.96 Å². The Hall–Kier alpha value is -1.31. The van der Waals surface area contributed by atoms with Gasteiger partial charge in [-0.3, -0.25) is 9.79 Å². The lowest BCUT2D eigenvalue weighted by Gasteiger charge is -2.19. The molecule has 0 aliphatic carbocycles. The lowest BCUT2D eigenvalue weighted by atomic mass is 9.86. The summed E-state index contributed by atoms with van der Waals surface area (Å²) >= 11 is 0. The van der Waals surface area contributed by atoms with Crippen LogP contribution in [0.25, 0.3) is 0 Å². The highest BCUT2D eigenvalue weighted by Gasteiger charge is 2.12. The largest absolute Gasteiger partial charge is 0.356 e. The zero-order chi connectivity index (χ0) is 18.9. The molecule has 0 bridgehead atoms. The molecule has 1 aromatic rings. The van der Waals surface area contributed by atoms with Crippen LogP contribution in [0.15, 0.2) is 29.3 Å². The van der Waals surface area contributed by atoms with Gasteiger partial charge in [0.2, 0.25) is 5.91 Å². The third-order valence-corrected chi connectivity index (χ3v) is 3.84. The van der Waals surface area contributed by atoms with Crippen molar-refractivity contribution < 1.29 is 4.79 Å². The van der Waals surface area contributed by atoms with Gasteiger partial charge >= 0.3 is 0 Å². The fourth-order valence-corrected chi connectivity index (χ4v) is 2.41. The molecule has 0 aliphatic heterocycles. The van der Waals surface area contributed by atoms with E-state index in [1.807, 2.05) is 13.8 Å². The summed E-state index contributed by atoms with van der Waals surface area (Å²) in [6.07, 6.45) is 1.37. The molecule has 5 nitrogen and oxygen atoms in total. The van der Waals surface area contributed by atoms with Crippen molar-refractivity contribution in [3.8, 4) is 0 Å². The van der Waals surface area contributed by atoms with E-state index in [1.165, 1.54) is 11.1 Å². The summed E-state index contributed by atoms with van der Waals surface area (Å²) in [5.41, 5.74) is 2.83. The van der Waals surface area contributed by atoms with Gasteiger partial charge < -0.3 is 16.0 Å². The van der Waals surface area contributed by atoms with Crippen LogP contribution in [0.1, 0.15) is 52.2 Å². The van der Waals surface area contributed by atoms with Crippen LogP contribution in [0.5, 0.6) is 0 Å². The van der Waals surface area contributed by atoms with Crippen LogP contribution >= 0.6 is 24.0 Å². The van der Waals surface area contributed by atoms with E-state index in [4.69, 9.17) is 0 Å². The second kappa shape index (κ2) is 12.1. The smallest absolute Gasteiger partial charge is 0.221 e. The van der Waals surface area contributed by atoms with Crippen LogP contribution in [0.2, 0.25) is 0 Å². The predicted molar refractivity (Wildman–Crippen MR) is 122 cm³/mol. The minimum absolute atomic E-state index is 0. The lowest BCUT2D eigenvalue weighted by Crippen LogP contribution is -2.40. The molecule has 6 heteroatoms. The quantitative estimate of drug-likeness (QED) is 0.323. The Kier molecular flexibility index (Phi) is 11.5. The Morgan fingerprint density at radius 2 is 1.65 bits per heavy atom. The number of nitrogens with zero attached hydrogens (tertiary/aromatic N) is 1. The van der Waals surface area contributed by atoms with Gasteiger partial charge in [-0.2, -0.15) is 0 Å². The lowest BCUT2D eigenvalue weighted by molar-refractivity contribution is -0.121. The highest BCUT2D eigenvalue weighted by Crippen LogP contribution is 2.22. The maximum absolute atomic E-state index is 11.6. The molecule has 0 saturated carbocycles. The maximum atomic E-state index is 11.6. The van der Waals surface area contributed by atoms with E-state index >= 15 is 0 Å². The van der Waals surface area contributed by atoms with Gasteiger partial charge in [0.1, 0.15) is 0 Å². The Labute approximate surface area is 175 Å². The third kappa shape index (κ3) is 9.99. The van der Waals surface area contributed by atoms with Crippen LogP contribution in [-0.2, 0) is 16.6 Å². The minimum Gasteiger partial charge on any atom is -0.356 e. The summed E-state index contributed by atoms with van der Waals surface area (Å²) in [4.78, 5) is 15.8. The Morgan fingerprint density at radius 3 is 2.15 bits per heavy atom. The monoisotopic (exact) mass is 474 g/mol. The fraction of sp³-hybridized carbons (Fsp3) is 0.600. The van der Waals surface area contributed by atoms with Crippen molar-refractivity contribution in [3.63, 3.8) is 0 Å². The van der Waals surface area contributed by atoms with E-state index in [2.05, 4.69) is 66.0 Å². The molecule has 0 saturated heterocycles. The molecule has 148 valence electrons. The van der Waals surface area contributed by atoms with Gasteiger partial charge in [-0.1, -0.05) is 45.0 Å². The van der Waals surface area contributed by atoms with E-state index in [1.54, 1.807) is 7.05 Å². The van der Waals surface area contributed by atoms with Crippen LogP contribution in [0.3, 0.4) is 0 Å². The standard InChI is InChI=1S/C20H34N4O.HI/c1-15(2)24-18(25)12-14-23-19(21-6)22-13-11-16-7-9-17(10-8-16)20(3,4)5;/h7-10,15H,11-14H2,1-6H3,(H,24,25)(H2,21,22,23);1H. The molecule has 1 aromatic carbocycles. The third-order valence-electron chi connectivity index (χ3n) is 3.84. The van der Waals surface area contributed by atoms with Crippen LogP contribution in [0.4, 0.5) is 0 Å². The highest BCUT2D eigenvalue weighted by atomic mass is 127. The summed E-state index contributed by atoms with van der Waals surface area (Å²) < 4.78 is 0. The Bertz CT molecular complexity index is 562. The normalized spacial score (nSPS) is 11.7. The fourth-order valence-electron chi connectivity index (χ4n) is 2.41. The van der Waals surface area contributed by atoms with Crippen molar-refractivity contribution in [2.24, 2.45) is 4.99 Å². The number of halogens is 1. The molecule has 0 fully saturated rings. The summed E-state index contributed by atoms with van der Waals surface area (Å²) in [5.74, 6) is 0.778. The van der Waals surface area contributed by atoms with Gasteiger partial charge in [-0.25, -0.2) is 0 Å². The van der Waals surface area contributed by atoms with Gasteiger partial charge in [0, 0.05) is 32.6 Å². The number of aliphatic imine (C=N–C) groups is 1. The SMILES string of the molecule is CN=C(NCCC(=O)NC(C)C)NCCc1ccc(C(C)(C)C)cc1.I.